The molecule has 0 unspecified atom stereocenters. The fourth-order valence-corrected chi connectivity index (χ4v) is 6.43. The molecule has 3 aliphatic rings. The zero-order valence-electron chi connectivity index (χ0n) is 35.8. The summed E-state index contributed by atoms with van der Waals surface area (Å²) in [6, 6.07) is 27.9. The smallest absolute Gasteiger partial charge is 0.309 e. The standard InChI is InChI=1S/C17H18N6O.C10H13N5.C7H7NO2.C6H10N2.C4H4ClN3/c18-12-13-6-9-23(10-7-13)16-5-4-15(21-22-16)20-17(24)11-14-3-1-2-8-19-14;11-7-8-3-5-15(6-4-8)10-2-1-9(12)13-14-10;9-7(10)5-6-3-1-2-4-8-6;7-5-6-1-3-8-4-2-6;5-3-1-2-4(6)8-7-3/h1-5,8,13H,6-7,9-11H2,(H,20,21,24);1-2,8H,3-6H2,(H2,12,13);1-4H,5H2,(H,9,10);6,8H,1-4H2;1-2H,(H2,6,8). The summed E-state index contributed by atoms with van der Waals surface area (Å²) in [4.78, 5) is 34.3. The molecule has 0 aliphatic carbocycles. The van der Waals surface area contributed by atoms with Crippen LogP contribution in [0.4, 0.5) is 29.1 Å². The van der Waals surface area contributed by atoms with Crippen molar-refractivity contribution in [2.45, 2.75) is 51.4 Å². The van der Waals surface area contributed by atoms with E-state index in [1.54, 1.807) is 60.9 Å². The van der Waals surface area contributed by atoms with Crippen LogP contribution in [0.15, 0.2) is 85.2 Å². The number of aliphatic carboxylic acids is 1. The van der Waals surface area contributed by atoms with Gasteiger partial charge in [0.1, 0.15) is 11.6 Å². The zero-order valence-corrected chi connectivity index (χ0v) is 36.6. The lowest BCUT2D eigenvalue weighted by Gasteiger charge is -2.29. The first kappa shape index (κ1) is 50.0. The number of hydrogen-bond acceptors (Lipinski definition) is 18. The number of carbonyl (C=O) groups is 2. The van der Waals surface area contributed by atoms with Gasteiger partial charge in [0, 0.05) is 62.0 Å². The van der Waals surface area contributed by atoms with Crippen LogP contribution in [0, 0.1) is 51.7 Å². The normalized spacial score (nSPS) is 14.8. The highest BCUT2D eigenvalue weighted by molar-refractivity contribution is 6.29. The minimum Gasteiger partial charge on any atom is -0.481 e. The number of pyridine rings is 2. The van der Waals surface area contributed by atoms with Gasteiger partial charge in [-0.2, -0.15) is 15.8 Å². The second-order valence-corrected chi connectivity index (χ2v) is 15.1. The Labute approximate surface area is 382 Å². The fraction of sp³-hybridized carbons (Fsp3) is 0.386. The van der Waals surface area contributed by atoms with E-state index in [2.05, 4.69) is 79.2 Å². The van der Waals surface area contributed by atoms with E-state index in [4.69, 9.17) is 44.0 Å². The van der Waals surface area contributed by atoms with Gasteiger partial charge in [0.25, 0.3) is 0 Å². The molecule has 5 aromatic rings. The maximum absolute atomic E-state index is 12.0. The summed E-state index contributed by atoms with van der Waals surface area (Å²) in [5, 5.41) is 63.7. The van der Waals surface area contributed by atoms with Gasteiger partial charge >= 0.3 is 5.97 Å². The van der Waals surface area contributed by atoms with Gasteiger partial charge in [-0.15, -0.1) is 30.6 Å². The summed E-state index contributed by atoms with van der Waals surface area (Å²) in [5.74, 6) is 2.50. The van der Waals surface area contributed by atoms with Crippen LogP contribution in [0.1, 0.15) is 49.9 Å². The monoisotopic (exact) mass is 901 g/mol. The second-order valence-electron chi connectivity index (χ2n) is 14.7. The van der Waals surface area contributed by atoms with Crippen molar-refractivity contribution in [3.05, 3.63) is 102 Å². The minimum absolute atomic E-state index is 0.000833. The number of amides is 1. The highest BCUT2D eigenvalue weighted by atomic mass is 35.5. The summed E-state index contributed by atoms with van der Waals surface area (Å²) in [5.41, 5.74) is 12.0. The molecule has 21 heteroatoms. The Morgan fingerprint density at radius 1 is 0.646 bits per heavy atom. The van der Waals surface area contributed by atoms with E-state index >= 15 is 0 Å². The number of nitrogens with zero attached hydrogens (tertiary/aromatic N) is 13. The molecule has 0 spiro atoms. The third-order valence-corrected chi connectivity index (χ3v) is 10.1. The number of nitrogens with two attached hydrogens (primary N) is 2. The average Bonchev–Trinajstić information content (AvgIpc) is 3.34. The van der Waals surface area contributed by atoms with Gasteiger partial charge < -0.3 is 37.0 Å². The Morgan fingerprint density at radius 2 is 1.12 bits per heavy atom. The van der Waals surface area contributed by atoms with Crippen LogP contribution in [-0.2, 0) is 22.4 Å². The number of piperidine rings is 3. The van der Waals surface area contributed by atoms with E-state index in [1.807, 2.05) is 24.3 Å². The molecule has 8 rings (SSSR count). The molecule has 338 valence electrons. The van der Waals surface area contributed by atoms with Gasteiger partial charge in [-0.3, -0.25) is 19.6 Å². The number of carbonyl (C=O) groups excluding carboxylic acids is 1. The van der Waals surface area contributed by atoms with Crippen LogP contribution in [0.3, 0.4) is 0 Å². The van der Waals surface area contributed by atoms with Crippen molar-refractivity contribution < 1.29 is 14.7 Å². The van der Waals surface area contributed by atoms with Crippen molar-refractivity contribution in [3.8, 4) is 18.2 Å². The van der Waals surface area contributed by atoms with E-state index in [0.717, 1.165) is 89.4 Å². The molecule has 0 bridgehead atoms. The van der Waals surface area contributed by atoms with Crippen molar-refractivity contribution in [1.82, 2.24) is 45.9 Å². The van der Waals surface area contributed by atoms with Gasteiger partial charge in [-0.1, -0.05) is 23.7 Å². The fourth-order valence-electron chi connectivity index (χ4n) is 6.33. The predicted molar refractivity (Wildman–Crippen MR) is 244 cm³/mol. The highest BCUT2D eigenvalue weighted by Crippen LogP contribution is 2.22. The number of carboxylic acids is 1. The van der Waals surface area contributed by atoms with Crippen LogP contribution in [0.5, 0.6) is 0 Å². The van der Waals surface area contributed by atoms with E-state index in [-0.39, 0.29) is 30.6 Å². The van der Waals surface area contributed by atoms with Crippen molar-refractivity contribution in [1.29, 1.82) is 15.8 Å². The molecule has 7 N–H and O–H groups in total. The number of nitriles is 3. The van der Waals surface area contributed by atoms with Crippen molar-refractivity contribution in [2.75, 3.05) is 65.9 Å². The second kappa shape index (κ2) is 28.2. The average molecular weight is 902 g/mol. The van der Waals surface area contributed by atoms with E-state index < -0.39 is 5.97 Å². The lowest BCUT2D eigenvalue weighted by molar-refractivity contribution is -0.136. The van der Waals surface area contributed by atoms with Crippen molar-refractivity contribution >= 4 is 52.6 Å². The first-order chi connectivity index (χ1) is 31.5. The number of halogens is 1. The van der Waals surface area contributed by atoms with Crippen molar-refractivity contribution in [3.63, 3.8) is 0 Å². The Morgan fingerprint density at radius 3 is 1.51 bits per heavy atom. The SMILES string of the molecule is N#CC1CCN(c2ccc(N)nn2)CC1.N#CC1CCN(c2ccc(NC(=O)Cc3ccccn3)nn2)CC1.N#CC1CCNCC1.Nc1ccc(Cl)nn1.O=C(O)Cc1ccccn1. The summed E-state index contributed by atoms with van der Waals surface area (Å²) in [6.07, 6.45) is 9.03. The number of aromatic nitrogens is 8. The van der Waals surface area contributed by atoms with Crippen molar-refractivity contribution in [2.24, 2.45) is 17.8 Å². The minimum atomic E-state index is -0.848. The predicted octanol–water partition coefficient (Wildman–Crippen LogP) is 4.52. The molecular formula is C44H52ClN17O3. The molecule has 20 nitrogen and oxygen atoms in total. The molecule has 5 aromatic heterocycles. The molecule has 3 fully saturated rings. The van der Waals surface area contributed by atoms with Crippen LogP contribution in [0.2, 0.25) is 5.15 Å². The third kappa shape index (κ3) is 19.5. The number of carboxylic acid groups (broad SMARTS) is 1. The summed E-state index contributed by atoms with van der Waals surface area (Å²) in [6.45, 7) is 5.40. The third-order valence-electron chi connectivity index (χ3n) is 9.89. The zero-order chi connectivity index (χ0) is 46.7. The Balaban J connectivity index is 0.000000193. The van der Waals surface area contributed by atoms with E-state index in [1.165, 1.54) is 0 Å². The van der Waals surface area contributed by atoms with Gasteiger partial charge in [0.2, 0.25) is 5.91 Å². The quantitative estimate of drug-likeness (QED) is 0.150. The molecule has 65 heavy (non-hydrogen) atoms. The van der Waals surface area contributed by atoms with Crippen LogP contribution in [0.25, 0.3) is 0 Å². The topological polar surface area (TPSA) is 311 Å². The van der Waals surface area contributed by atoms with Gasteiger partial charge in [0.05, 0.1) is 36.7 Å². The van der Waals surface area contributed by atoms with Crippen LogP contribution < -0.4 is 31.9 Å². The Bertz CT molecular complexity index is 2250. The van der Waals surface area contributed by atoms with Gasteiger partial charge in [0.15, 0.2) is 22.6 Å². The molecule has 0 atom stereocenters. The summed E-state index contributed by atoms with van der Waals surface area (Å²) in [7, 11) is 0. The Kier molecular flexibility index (Phi) is 21.7. The lowest BCUT2D eigenvalue weighted by Crippen LogP contribution is -2.34. The van der Waals surface area contributed by atoms with Gasteiger partial charge in [-0.25, -0.2) is 0 Å². The molecule has 3 aliphatic heterocycles. The molecular weight excluding hydrogens is 850 g/mol. The number of rotatable bonds is 7. The summed E-state index contributed by atoms with van der Waals surface area (Å²) < 4.78 is 0. The number of anilines is 5. The largest absolute Gasteiger partial charge is 0.481 e. The molecule has 1 amide bonds. The molecule has 0 saturated carbocycles. The van der Waals surface area contributed by atoms with Gasteiger partial charge in [-0.05, 0) is 112 Å². The first-order valence-corrected chi connectivity index (χ1v) is 21.3. The van der Waals surface area contributed by atoms with Crippen LogP contribution in [-0.4, -0.2) is 96.8 Å². The molecule has 0 radical (unpaired) electrons. The number of nitrogens with one attached hydrogen (secondary N) is 2. The number of nitrogen functional groups attached to an aromatic ring is 2. The highest BCUT2D eigenvalue weighted by Gasteiger charge is 2.21. The molecule has 3 saturated heterocycles. The first-order valence-electron chi connectivity index (χ1n) is 20.9. The van der Waals surface area contributed by atoms with E-state index in [0.29, 0.717) is 39.9 Å². The molecule has 8 heterocycles. The maximum Gasteiger partial charge on any atom is 0.309 e. The molecule has 0 aromatic carbocycles. The van der Waals surface area contributed by atoms with Crippen LogP contribution >= 0.6 is 11.6 Å². The summed E-state index contributed by atoms with van der Waals surface area (Å²) >= 11 is 5.38. The number of hydrogen-bond donors (Lipinski definition) is 5. The maximum atomic E-state index is 12.0. The van der Waals surface area contributed by atoms with E-state index in [9.17, 15) is 9.59 Å². The lowest BCUT2D eigenvalue weighted by atomic mass is 9.99. The Hall–Kier alpha value is -7.60.